The van der Waals surface area contributed by atoms with Gasteiger partial charge in [0, 0.05) is 6.20 Å². The SMILES string of the molecule is CC(C)OC(=O)C(C)NP(=O)(OCC1OC(N2C=CC(O)NC2=O)C(Cl)(Cl)C1O)Oc1ccccc1. The van der Waals surface area contributed by atoms with Crippen LogP contribution in [-0.4, -0.2) is 74.9 Å². The van der Waals surface area contributed by atoms with E-state index < -0.39 is 67.5 Å². The second-order valence-corrected chi connectivity index (χ2v) is 11.5. The number of nitrogens with one attached hydrogen (secondary N) is 2. The van der Waals surface area contributed by atoms with Gasteiger partial charge < -0.3 is 29.5 Å². The van der Waals surface area contributed by atoms with Crippen molar-refractivity contribution in [3.05, 3.63) is 42.6 Å². The molecule has 0 spiro atoms. The van der Waals surface area contributed by atoms with Crippen LogP contribution in [0, 0.1) is 0 Å². The van der Waals surface area contributed by atoms with Gasteiger partial charge in [-0.25, -0.2) is 9.36 Å². The lowest BCUT2D eigenvalue weighted by Crippen LogP contribution is -2.54. The molecule has 36 heavy (non-hydrogen) atoms. The highest BCUT2D eigenvalue weighted by Gasteiger charge is 2.58. The van der Waals surface area contributed by atoms with Crippen molar-refractivity contribution < 1.29 is 42.9 Å². The molecule has 1 saturated heterocycles. The Morgan fingerprint density at radius 1 is 1.28 bits per heavy atom. The van der Waals surface area contributed by atoms with Crippen LogP contribution in [0.1, 0.15) is 20.8 Å². The molecule has 0 saturated carbocycles. The molecule has 2 aliphatic rings. The first-order valence-corrected chi connectivity index (χ1v) is 13.3. The summed E-state index contributed by atoms with van der Waals surface area (Å²) in [7, 11) is -4.26. The second kappa shape index (κ2) is 11.7. The minimum Gasteiger partial charge on any atom is -0.462 e. The van der Waals surface area contributed by atoms with Crippen LogP contribution < -0.4 is 14.9 Å². The maximum Gasteiger partial charge on any atom is 0.459 e. The Labute approximate surface area is 218 Å². The number of benzene rings is 1. The second-order valence-electron chi connectivity index (χ2n) is 8.32. The number of alkyl halides is 2. The molecule has 12 nitrogen and oxygen atoms in total. The third-order valence-electron chi connectivity index (χ3n) is 5.00. The van der Waals surface area contributed by atoms with E-state index in [2.05, 4.69) is 10.4 Å². The van der Waals surface area contributed by atoms with Crippen molar-refractivity contribution in [3.8, 4) is 5.75 Å². The van der Waals surface area contributed by atoms with Gasteiger partial charge in [0.1, 0.15) is 30.2 Å². The minimum atomic E-state index is -4.26. The topological polar surface area (TPSA) is 156 Å². The molecule has 0 aromatic heterocycles. The Bertz CT molecular complexity index is 1010. The van der Waals surface area contributed by atoms with Crippen LogP contribution in [0.25, 0.3) is 0 Å². The van der Waals surface area contributed by atoms with Gasteiger partial charge in [0.2, 0.25) is 0 Å². The largest absolute Gasteiger partial charge is 0.462 e. The van der Waals surface area contributed by atoms with E-state index in [4.69, 9.17) is 41.7 Å². The summed E-state index contributed by atoms with van der Waals surface area (Å²) in [5.74, 6) is -0.505. The van der Waals surface area contributed by atoms with Crippen molar-refractivity contribution in [2.24, 2.45) is 0 Å². The van der Waals surface area contributed by atoms with Gasteiger partial charge in [-0.05, 0) is 39.0 Å². The summed E-state index contributed by atoms with van der Waals surface area (Å²) in [6, 6.07) is 6.22. The minimum absolute atomic E-state index is 0.182. The molecule has 1 fully saturated rings. The van der Waals surface area contributed by atoms with E-state index in [9.17, 15) is 24.4 Å². The molecule has 1 aromatic carbocycles. The number of carbonyl (C=O) groups is 2. The van der Waals surface area contributed by atoms with E-state index in [1.165, 1.54) is 31.3 Å². The summed E-state index contributed by atoms with van der Waals surface area (Å²) in [5.41, 5.74) is 0. The molecule has 0 bridgehead atoms. The predicted octanol–water partition coefficient (Wildman–Crippen LogP) is 2.24. The lowest BCUT2D eigenvalue weighted by molar-refractivity contribution is -0.149. The summed E-state index contributed by atoms with van der Waals surface area (Å²) < 4.78 is 33.5. The first kappa shape index (κ1) is 28.7. The van der Waals surface area contributed by atoms with Crippen molar-refractivity contribution >= 4 is 42.9 Å². The average molecular weight is 568 g/mol. The molecule has 6 unspecified atom stereocenters. The van der Waals surface area contributed by atoms with Crippen LogP contribution >= 0.6 is 30.9 Å². The smallest absolute Gasteiger partial charge is 0.459 e. The van der Waals surface area contributed by atoms with E-state index >= 15 is 0 Å². The molecule has 200 valence electrons. The zero-order valence-electron chi connectivity index (χ0n) is 19.6. The monoisotopic (exact) mass is 567 g/mol. The molecule has 2 amide bonds. The number of hydrogen-bond acceptors (Lipinski definition) is 9. The first-order valence-electron chi connectivity index (χ1n) is 11.0. The van der Waals surface area contributed by atoms with Crippen molar-refractivity contribution in [2.75, 3.05) is 6.61 Å². The molecule has 0 radical (unpaired) electrons. The number of para-hydroxylation sites is 1. The van der Waals surface area contributed by atoms with Gasteiger partial charge >= 0.3 is 19.7 Å². The lowest BCUT2D eigenvalue weighted by Gasteiger charge is -2.34. The quantitative estimate of drug-likeness (QED) is 0.188. The number of rotatable bonds is 10. The van der Waals surface area contributed by atoms with Gasteiger partial charge in [-0.1, -0.05) is 41.4 Å². The van der Waals surface area contributed by atoms with Crippen LogP contribution in [0.2, 0.25) is 0 Å². The number of nitrogens with zero attached hydrogens (tertiary/aromatic N) is 1. The molecule has 0 aliphatic carbocycles. The van der Waals surface area contributed by atoms with Crippen LogP contribution in [0.15, 0.2) is 42.6 Å². The number of aliphatic hydroxyl groups is 2. The molecule has 2 aliphatic heterocycles. The molecular formula is C21H28Cl2N3O9P. The zero-order chi connectivity index (χ0) is 26.7. The van der Waals surface area contributed by atoms with Gasteiger partial charge in [-0.2, -0.15) is 5.09 Å². The molecule has 15 heteroatoms. The maximum atomic E-state index is 13.6. The van der Waals surface area contributed by atoms with E-state index in [0.717, 1.165) is 4.90 Å². The summed E-state index contributed by atoms with van der Waals surface area (Å²) in [5, 5.41) is 25.0. The third-order valence-corrected chi connectivity index (χ3v) is 7.47. The first-order chi connectivity index (χ1) is 16.8. The van der Waals surface area contributed by atoms with E-state index in [0.29, 0.717) is 0 Å². The molecule has 1 aromatic rings. The van der Waals surface area contributed by atoms with Gasteiger partial charge in [0.15, 0.2) is 10.6 Å². The molecule has 3 rings (SSSR count). The Kier molecular flexibility index (Phi) is 9.29. The van der Waals surface area contributed by atoms with Crippen LogP contribution in [0.3, 0.4) is 0 Å². The van der Waals surface area contributed by atoms with Gasteiger partial charge in [-0.15, -0.1) is 0 Å². The summed E-state index contributed by atoms with van der Waals surface area (Å²) >= 11 is 12.6. The predicted molar refractivity (Wildman–Crippen MR) is 129 cm³/mol. The number of amides is 2. The number of halogens is 2. The van der Waals surface area contributed by atoms with Crippen LogP contribution in [-0.2, 0) is 23.4 Å². The summed E-state index contributed by atoms with van der Waals surface area (Å²) in [4.78, 5) is 25.5. The van der Waals surface area contributed by atoms with E-state index in [1.54, 1.807) is 32.0 Å². The maximum absolute atomic E-state index is 13.6. The molecular weight excluding hydrogens is 540 g/mol. The van der Waals surface area contributed by atoms with Crippen molar-refractivity contribution in [3.63, 3.8) is 0 Å². The van der Waals surface area contributed by atoms with Crippen molar-refractivity contribution in [1.82, 2.24) is 15.3 Å². The average Bonchev–Trinajstić information content (AvgIpc) is 3.01. The van der Waals surface area contributed by atoms with Crippen LogP contribution in [0.4, 0.5) is 4.79 Å². The zero-order valence-corrected chi connectivity index (χ0v) is 22.0. The third kappa shape index (κ3) is 6.90. The number of aliphatic hydroxyl groups excluding tert-OH is 2. The fourth-order valence-electron chi connectivity index (χ4n) is 3.29. The van der Waals surface area contributed by atoms with Gasteiger partial charge in [0.05, 0.1) is 12.7 Å². The Balaban J connectivity index is 1.75. The van der Waals surface area contributed by atoms with Crippen molar-refractivity contribution in [2.45, 2.75) is 61.9 Å². The van der Waals surface area contributed by atoms with Crippen LogP contribution in [0.5, 0.6) is 5.75 Å². The standard InChI is InChI=1S/C21H28Cl2N3O9P/c1-12(2)33-18(29)13(3)25-36(31,35-14-7-5-4-6-8-14)32-11-15-17(28)21(22,23)19(34-15)26-10-9-16(27)24-20(26)30/h4-10,12-13,15-17,19,27-28H,11H2,1-3H3,(H,24,30)(H,25,31). The Hall–Kier alpha value is -1.89. The normalized spacial score (nSPS) is 27.9. The Morgan fingerprint density at radius 3 is 2.56 bits per heavy atom. The highest BCUT2D eigenvalue weighted by atomic mass is 35.5. The van der Waals surface area contributed by atoms with E-state index in [1.807, 2.05) is 0 Å². The van der Waals surface area contributed by atoms with Gasteiger partial charge in [0.25, 0.3) is 0 Å². The molecule has 2 heterocycles. The fraction of sp³-hybridized carbons (Fsp3) is 0.524. The summed E-state index contributed by atoms with van der Waals surface area (Å²) in [6.07, 6.45) is -3.40. The number of hydrogen-bond donors (Lipinski definition) is 4. The highest BCUT2D eigenvalue weighted by molar-refractivity contribution is 7.52. The molecule has 4 N–H and O–H groups in total. The number of ether oxygens (including phenoxy) is 2. The number of urea groups is 1. The summed E-state index contributed by atoms with van der Waals surface area (Å²) in [6.45, 7) is 4.20. The van der Waals surface area contributed by atoms with Crippen molar-refractivity contribution in [1.29, 1.82) is 0 Å². The fourth-order valence-corrected chi connectivity index (χ4v) is 5.38. The Morgan fingerprint density at radius 2 is 1.94 bits per heavy atom. The molecule has 6 atom stereocenters. The lowest BCUT2D eigenvalue weighted by atomic mass is 10.1. The highest BCUT2D eigenvalue weighted by Crippen LogP contribution is 2.48. The van der Waals surface area contributed by atoms with E-state index in [-0.39, 0.29) is 5.75 Å². The number of carbonyl (C=O) groups excluding carboxylic acids is 2. The number of esters is 1. The van der Waals surface area contributed by atoms with Gasteiger partial charge in [-0.3, -0.25) is 14.2 Å².